The molecule has 0 radical (unpaired) electrons. The van der Waals surface area contributed by atoms with E-state index in [1.165, 1.54) is 0 Å². The lowest BCUT2D eigenvalue weighted by Crippen LogP contribution is -2.19. The van der Waals surface area contributed by atoms with Gasteiger partial charge in [0, 0.05) is 22.7 Å². The number of aliphatic imine (C=N–C) groups is 1. The number of amidine groups is 1. The second kappa shape index (κ2) is 5.55. The summed E-state index contributed by atoms with van der Waals surface area (Å²) in [4.78, 5) is 4.44. The molecule has 0 amide bonds. The van der Waals surface area contributed by atoms with Crippen LogP contribution in [0.2, 0.25) is 5.02 Å². The first kappa shape index (κ1) is 13.0. The Morgan fingerprint density at radius 1 is 1.15 bits per heavy atom. The van der Waals surface area contributed by atoms with E-state index in [4.69, 9.17) is 16.3 Å². The molecule has 20 heavy (non-hydrogen) atoms. The van der Waals surface area contributed by atoms with E-state index in [0.717, 1.165) is 46.4 Å². The summed E-state index contributed by atoms with van der Waals surface area (Å²) in [6.07, 6.45) is 0. The minimum atomic E-state index is 0.723. The van der Waals surface area contributed by atoms with Crippen LogP contribution in [0.15, 0.2) is 47.5 Å². The molecule has 1 heterocycles. The lowest BCUT2D eigenvalue weighted by molar-refractivity contribution is 0.415. The molecule has 1 aliphatic heterocycles. The molecular formula is C16H15ClN2O. The van der Waals surface area contributed by atoms with Gasteiger partial charge < -0.3 is 10.1 Å². The molecule has 1 aliphatic rings. The largest absolute Gasteiger partial charge is 0.497 e. The number of hydrogen-bond donors (Lipinski definition) is 1. The topological polar surface area (TPSA) is 33.6 Å². The Hall–Kier alpha value is -2.00. The van der Waals surface area contributed by atoms with Crippen LogP contribution in [-0.2, 0) is 0 Å². The fraction of sp³-hybridized carbons (Fsp3) is 0.188. The van der Waals surface area contributed by atoms with Gasteiger partial charge in [0.25, 0.3) is 0 Å². The Kier molecular flexibility index (Phi) is 3.61. The maximum atomic E-state index is 6.33. The van der Waals surface area contributed by atoms with Crippen LogP contribution in [-0.4, -0.2) is 26.0 Å². The van der Waals surface area contributed by atoms with Crippen molar-refractivity contribution in [3.8, 4) is 16.9 Å². The van der Waals surface area contributed by atoms with Gasteiger partial charge in [-0.1, -0.05) is 23.7 Å². The van der Waals surface area contributed by atoms with Gasteiger partial charge >= 0.3 is 0 Å². The second-order valence-corrected chi connectivity index (χ2v) is 4.99. The maximum absolute atomic E-state index is 6.33. The van der Waals surface area contributed by atoms with Crippen molar-refractivity contribution in [2.24, 2.45) is 4.99 Å². The minimum Gasteiger partial charge on any atom is -0.497 e. The highest BCUT2D eigenvalue weighted by atomic mass is 35.5. The number of nitrogens with zero attached hydrogens (tertiary/aromatic N) is 1. The molecule has 102 valence electrons. The molecule has 0 aliphatic carbocycles. The molecule has 2 aromatic carbocycles. The first-order chi connectivity index (χ1) is 9.78. The van der Waals surface area contributed by atoms with E-state index < -0.39 is 0 Å². The van der Waals surface area contributed by atoms with Crippen LogP contribution in [0, 0.1) is 0 Å². The smallest absolute Gasteiger partial charge is 0.128 e. The summed E-state index contributed by atoms with van der Waals surface area (Å²) >= 11 is 6.33. The monoisotopic (exact) mass is 286 g/mol. The molecule has 2 aromatic rings. The van der Waals surface area contributed by atoms with Gasteiger partial charge in [0.15, 0.2) is 0 Å². The van der Waals surface area contributed by atoms with Crippen LogP contribution in [0.1, 0.15) is 5.56 Å². The maximum Gasteiger partial charge on any atom is 0.128 e. The van der Waals surface area contributed by atoms with E-state index in [0.29, 0.717) is 0 Å². The summed E-state index contributed by atoms with van der Waals surface area (Å²) in [5, 5.41) is 4.00. The Balaban J connectivity index is 2.05. The predicted octanol–water partition coefficient (Wildman–Crippen LogP) is 3.37. The number of ether oxygens (including phenoxy) is 1. The third kappa shape index (κ3) is 2.49. The molecule has 3 nitrogen and oxygen atoms in total. The Morgan fingerprint density at radius 3 is 2.80 bits per heavy atom. The summed E-state index contributed by atoms with van der Waals surface area (Å²) in [6.45, 7) is 1.72. The quantitative estimate of drug-likeness (QED) is 0.938. The molecule has 0 atom stereocenters. The molecule has 3 rings (SSSR count). The van der Waals surface area contributed by atoms with Crippen molar-refractivity contribution in [1.82, 2.24) is 5.32 Å². The second-order valence-electron chi connectivity index (χ2n) is 4.58. The summed E-state index contributed by atoms with van der Waals surface area (Å²) in [7, 11) is 1.66. The highest BCUT2D eigenvalue weighted by Gasteiger charge is 2.11. The van der Waals surface area contributed by atoms with Crippen LogP contribution < -0.4 is 10.1 Å². The van der Waals surface area contributed by atoms with Crippen molar-refractivity contribution >= 4 is 17.4 Å². The normalized spacial score (nSPS) is 13.8. The van der Waals surface area contributed by atoms with Gasteiger partial charge in [0.1, 0.15) is 11.6 Å². The van der Waals surface area contributed by atoms with Crippen molar-refractivity contribution in [1.29, 1.82) is 0 Å². The van der Waals surface area contributed by atoms with E-state index in [9.17, 15) is 0 Å². The van der Waals surface area contributed by atoms with Gasteiger partial charge in [0.2, 0.25) is 0 Å². The van der Waals surface area contributed by atoms with Crippen LogP contribution in [0.3, 0.4) is 0 Å². The van der Waals surface area contributed by atoms with Crippen molar-refractivity contribution < 1.29 is 4.74 Å². The van der Waals surface area contributed by atoms with E-state index in [1.54, 1.807) is 7.11 Å². The highest BCUT2D eigenvalue weighted by molar-refractivity contribution is 6.33. The van der Waals surface area contributed by atoms with Crippen LogP contribution in [0.5, 0.6) is 5.75 Å². The number of rotatable bonds is 3. The lowest BCUT2D eigenvalue weighted by Gasteiger charge is -2.10. The van der Waals surface area contributed by atoms with Crippen LogP contribution in [0.4, 0.5) is 0 Å². The Bertz CT molecular complexity index is 667. The summed E-state index contributed by atoms with van der Waals surface area (Å²) in [5.74, 6) is 1.76. The van der Waals surface area contributed by atoms with Crippen molar-refractivity contribution in [2.75, 3.05) is 20.2 Å². The molecule has 0 bridgehead atoms. The molecule has 0 aromatic heterocycles. The molecule has 0 spiro atoms. The van der Waals surface area contributed by atoms with Gasteiger partial charge in [-0.25, -0.2) is 0 Å². The molecular weight excluding hydrogens is 272 g/mol. The van der Waals surface area contributed by atoms with Crippen LogP contribution in [0.25, 0.3) is 11.1 Å². The number of halogens is 1. The molecule has 4 heteroatoms. The van der Waals surface area contributed by atoms with Gasteiger partial charge in [-0.2, -0.15) is 0 Å². The van der Waals surface area contributed by atoms with Crippen molar-refractivity contribution in [3.63, 3.8) is 0 Å². The SMILES string of the molecule is COc1cccc(-c2cc(C3=NCCN3)ccc2Cl)c1. The van der Waals surface area contributed by atoms with Crippen LogP contribution >= 0.6 is 11.6 Å². The van der Waals surface area contributed by atoms with Crippen molar-refractivity contribution in [3.05, 3.63) is 53.1 Å². The van der Waals surface area contributed by atoms with E-state index in [1.807, 2.05) is 36.4 Å². The number of nitrogens with one attached hydrogen (secondary N) is 1. The number of hydrogen-bond acceptors (Lipinski definition) is 3. The summed E-state index contributed by atoms with van der Waals surface area (Å²) < 4.78 is 5.27. The van der Waals surface area contributed by atoms with E-state index in [-0.39, 0.29) is 0 Å². The standard InChI is InChI=1S/C16H15ClN2O/c1-20-13-4-2-3-11(9-13)14-10-12(5-6-15(14)17)16-18-7-8-19-16/h2-6,9-10H,7-8H2,1H3,(H,18,19). The Labute approximate surface area is 123 Å². The Morgan fingerprint density at radius 2 is 2.05 bits per heavy atom. The molecule has 0 unspecified atom stereocenters. The van der Waals surface area contributed by atoms with E-state index in [2.05, 4.69) is 16.4 Å². The van der Waals surface area contributed by atoms with E-state index >= 15 is 0 Å². The minimum absolute atomic E-state index is 0.723. The van der Waals surface area contributed by atoms with Gasteiger partial charge in [0.05, 0.1) is 13.7 Å². The molecule has 0 fully saturated rings. The molecule has 0 saturated heterocycles. The summed E-state index contributed by atoms with van der Waals surface area (Å²) in [5.41, 5.74) is 3.08. The van der Waals surface area contributed by atoms with Gasteiger partial charge in [-0.15, -0.1) is 0 Å². The fourth-order valence-corrected chi connectivity index (χ4v) is 2.50. The number of methoxy groups -OCH3 is 1. The zero-order chi connectivity index (χ0) is 13.9. The third-order valence-electron chi connectivity index (χ3n) is 3.29. The molecule has 1 N–H and O–H groups in total. The van der Waals surface area contributed by atoms with Gasteiger partial charge in [-0.3, -0.25) is 4.99 Å². The first-order valence-corrected chi connectivity index (χ1v) is 6.88. The zero-order valence-electron chi connectivity index (χ0n) is 11.2. The predicted molar refractivity (Wildman–Crippen MR) is 82.8 cm³/mol. The zero-order valence-corrected chi connectivity index (χ0v) is 11.9. The first-order valence-electron chi connectivity index (χ1n) is 6.50. The average Bonchev–Trinajstić information content (AvgIpc) is 3.02. The van der Waals surface area contributed by atoms with Gasteiger partial charge in [-0.05, 0) is 35.9 Å². The highest BCUT2D eigenvalue weighted by Crippen LogP contribution is 2.31. The molecule has 0 saturated carbocycles. The van der Waals surface area contributed by atoms with Crippen molar-refractivity contribution in [2.45, 2.75) is 0 Å². The fourth-order valence-electron chi connectivity index (χ4n) is 2.28. The summed E-state index contributed by atoms with van der Waals surface area (Å²) in [6, 6.07) is 13.9. The third-order valence-corrected chi connectivity index (χ3v) is 3.62. The lowest BCUT2D eigenvalue weighted by atomic mass is 10.0. The average molecular weight is 287 g/mol. The number of benzene rings is 2.